The van der Waals surface area contributed by atoms with Crippen molar-refractivity contribution < 1.29 is 5.26 Å². The zero-order valence-corrected chi connectivity index (χ0v) is 9.36. The number of unbranched alkanes of at least 4 members (excludes halogenated alkanes) is 8. The first-order valence-electron chi connectivity index (χ1n) is 5.66. The van der Waals surface area contributed by atoms with Crippen LogP contribution < -0.4 is 5.26 Å². The lowest BCUT2D eigenvalue weighted by molar-refractivity contribution is -0.0997. The van der Waals surface area contributed by atoms with Crippen LogP contribution in [0.4, 0.5) is 0 Å². The minimum atomic E-state index is 1.37. The summed E-state index contributed by atoms with van der Waals surface area (Å²) in [6, 6.07) is 0. The van der Waals surface area contributed by atoms with Gasteiger partial charge in [-0.3, -0.25) is 0 Å². The SMILES string of the molecule is CCCCCCCCCCC.[C-]#[NH+]. The van der Waals surface area contributed by atoms with Gasteiger partial charge in [-0.2, -0.15) is 0 Å². The van der Waals surface area contributed by atoms with Crippen LogP contribution >= 0.6 is 0 Å². The van der Waals surface area contributed by atoms with Gasteiger partial charge in [0.15, 0.2) is 0 Å². The third-order valence-electron chi connectivity index (χ3n) is 2.21. The van der Waals surface area contributed by atoms with E-state index >= 15 is 0 Å². The van der Waals surface area contributed by atoms with Gasteiger partial charge in [0.1, 0.15) is 0 Å². The van der Waals surface area contributed by atoms with E-state index in [9.17, 15) is 0 Å². The lowest BCUT2D eigenvalue weighted by Gasteiger charge is -1.98. The van der Waals surface area contributed by atoms with Gasteiger partial charge in [-0.15, -0.1) is 0 Å². The summed E-state index contributed by atoms with van der Waals surface area (Å²) in [6.45, 7) is 9.55. The summed E-state index contributed by atoms with van der Waals surface area (Å²) in [6.07, 6.45) is 13.0. The van der Waals surface area contributed by atoms with E-state index in [1.54, 1.807) is 0 Å². The van der Waals surface area contributed by atoms with Crippen LogP contribution in [0.5, 0.6) is 0 Å². The number of hydrogen-bond acceptors (Lipinski definition) is 0. The molecule has 1 N–H and O–H groups in total. The molecule has 0 spiro atoms. The Hall–Kier alpha value is -0.510. The van der Waals surface area contributed by atoms with Crippen LogP contribution in [0.3, 0.4) is 0 Å². The quantitative estimate of drug-likeness (QED) is 0.442. The van der Waals surface area contributed by atoms with Crippen LogP contribution in [-0.2, 0) is 0 Å². The Morgan fingerprint density at radius 2 is 0.846 bits per heavy atom. The Morgan fingerprint density at radius 3 is 1.08 bits per heavy atom. The number of rotatable bonds is 8. The van der Waals surface area contributed by atoms with Crippen LogP contribution in [0.25, 0.3) is 0 Å². The molecule has 0 unspecified atom stereocenters. The molecule has 0 aromatic heterocycles. The topological polar surface area (TPSA) is 23.8 Å². The average Bonchev–Trinajstić information content (AvgIpc) is 2.20. The van der Waals surface area contributed by atoms with Crippen molar-refractivity contribution in [2.45, 2.75) is 71.6 Å². The molecule has 0 bridgehead atoms. The molecule has 0 aliphatic heterocycles. The molecular weight excluding hydrogens is 158 g/mol. The molecule has 13 heavy (non-hydrogen) atoms. The van der Waals surface area contributed by atoms with Gasteiger partial charge in [-0.05, 0) is 0 Å². The van der Waals surface area contributed by atoms with Gasteiger partial charge < -0.3 is 5.26 Å². The van der Waals surface area contributed by atoms with Gasteiger partial charge in [0, 0.05) is 0 Å². The molecule has 0 aromatic carbocycles. The van der Waals surface area contributed by atoms with Crippen molar-refractivity contribution in [3.05, 3.63) is 6.57 Å². The van der Waals surface area contributed by atoms with Crippen LogP contribution in [0, 0.1) is 6.57 Å². The highest BCUT2D eigenvalue weighted by Crippen LogP contribution is 2.08. The third kappa shape index (κ3) is 18.4. The maximum Gasteiger partial charge on any atom is -0.0533 e. The van der Waals surface area contributed by atoms with E-state index in [0.29, 0.717) is 0 Å². The Bertz CT molecular complexity index is 78.4. The second-order valence-corrected chi connectivity index (χ2v) is 3.47. The molecule has 0 fully saturated rings. The van der Waals surface area contributed by atoms with Gasteiger partial charge >= 0.3 is 0 Å². The molecule has 0 aromatic rings. The largest absolute Gasteiger partial charge is 0.335 e. The van der Waals surface area contributed by atoms with E-state index in [1.165, 1.54) is 57.8 Å². The molecule has 0 heterocycles. The highest BCUT2D eigenvalue weighted by atomic mass is 14.2. The van der Waals surface area contributed by atoms with Gasteiger partial charge in [0.05, 0.1) is 0 Å². The predicted octanol–water partition coefficient (Wildman–Crippen LogP) is 2.88. The van der Waals surface area contributed by atoms with Crippen LogP contribution in [0.1, 0.15) is 71.6 Å². The lowest BCUT2D eigenvalue weighted by atomic mass is 10.1. The summed E-state index contributed by atoms with van der Waals surface area (Å²) in [5.74, 6) is 0. The fourth-order valence-electron chi connectivity index (χ4n) is 1.38. The maximum atomic E-state index is 5.00. The molecule has 0 saturated heterocycles. The summed E-state index contributed by atoms with van der Waals surface area (Å²) in [5, 5.41) is 5.00. The zero-order valence-electron chi connectivity index (χ0n) is 9.36. The Kier molecular flexibility index (Phi) is 20.2. The van der Waals surface area contributed by atoms with Gasteiger partial charge in [0.25, 0.3) is 0 Å². The molecule has 0 aliphatic rings. The van der Waals surface area contributed by atoms with E-state index in [0.717, 1.165) is 0 Å². The van der Waals surface area contributed by atoms with Crippen molar-refractivity contribution in [1.29, 1.82) is 0 Å². The van der Waals surface area contributed by atoms with Gasteiger partial charge in [0.2, 0.25) is 0 Å². The Morgan fingerprint density at radius 1 is 0.615 bits per heavy atom. The number of hydrogen-bond donors (Lipinski definition) is 1. The standard InChI is InChI=1S/C11H24.CHN/c1-3-5-7-9-11-10-8-6-4-2;1-2/h3-11H2,1-2H3;2H. The van der Waals surface area contributed by atoms with Crippen molar-refractivity contribution in [2.75, 3.05) is 0 Å². The summed E-state index contributed by atoms with van der Waals surface area (Å²) < 4.78 is 0. The minimum Gasteiger partial charge on any atom is -0.335 e. The minimum absolute atomic E-state index is 1.37. The van der Waals surface area contributed by atoms with Crippen LogP contribution in [0.2, 0.25) is 0 Å². The first kappa shape index (κ1) is 15.0. The Balaban J connectivity index is 0. The molecular formula is C12H25N. The molecule has 0 aliphatic carbocycles. The first-order valence-corrected chi connectivity index (χ1v) is 5.66. The lowest BCUT2D eigenvalue weighted by Crippen LogP contribution is -2.10. The van der Waals surface area contributed by atoms with Crippen molar-refractivity contribution in [2.24, 2.45) is 0 Å². The summed E-state index contributed by atoms with van der Waals surface area (Å²) in [7, 11) is 0. The fourth-order valence-corrected chi connectivity index (χ4v) is 1.38. The molecule has 78 valence electrons. The molecule has 0 rings (SSSR count). The van der Waals surface area contributed by atoms with Gasteiger partial charge in [-0.1, -0.05) is 71.6 Å². The van der Waals surface area contributed by atoms with Crippen molar-refractivity contribution >= 4 is 0 Å². The highest BCUT2D eigenvalue weighted by molar-refractivity contribution is 4.44. The predicted molar refractivity (Wildman–Crippen MR) is 57.1 cm³/mol. The first-order chi connectivity index (χ1) is 6.41. The second-order valence-electron chi connectivity index (χ2n) is 3.47. The van der Waals surface area contributed by atoms with E-state index in [2.05, 4.69) is 13.8 Å². The van der Waals surface area contributed by atoms with Crippen LogP contribution in [0.15, 0.2) is 0 Å². The highest BCUT2D eigenvalue weighted by Gasteiger charge is 1.88. The zero-order chi connectivity index (χ0) is 10.4. The van der Waals surface area contributed by atoms with Crippen LogP contribution in [-0.4, -0.2) is 0 Å². The maximum absolute atomic E-state index is 5.00. The molecule has 0 radical (unpaired) electrons. The summed E-state index contributed by atoms with van der Waals surface area (Å²) in [4.78, 5) is 0. The molecule has 0 atom stereocenters. The summed E-state index contributed by atoms with van der Waals surface area (Å²) in [5.41, 5.74) is 0. The fraction of sp³-hybridized carbons (Fsp3) is 0.917. The molecule has 1 heteroatoms. The molecule has 0 amide bonds. The Labute approximate surface area is 84.2 Å². The van der Waals surface area contributed by atoms with Gasteiger partial charge in [-0.25, -0.2) is 6.57 Å². The van der Waals surface area contributed by atoms with E-state index < -0.39 is 0 Å². The third-order valence-corrected chi connectivity index (χ3v) is 2.21. The van der Waals surface area contributed by atoms with E-state index in [-0.39, 0.29) is 0 Å². The molecule has 0 saturated carbocycles. The normalized spacial score (nSPS) is 8.92. The average molecular weight is 183 g/mol. The van der Waals surface area contributed by atoms with Crippen molar-refractivity contribution in [3.63, 3.8) is 0 Å². The van der Waals surface area contributed by atoms with E-state index in [4.69, 9.17) is 11.8 Å². The second kappa shape index (κ2) is 17.5. The monoisotopic (exact) mass is 183 g/mol. The summed E-state index contributed by atoms with van der Waals surface area (Å²) >= 11 is 0. The number of nitrogens with one attached hydrogen (secondary N) is 1. The molecule has 1 nitrogen and oxygen atoms in total. The van der Waals surface area contributed by atoms with E-state index in [1.807, 2.05) is 0 Å². The van der Waals surface area contributed by atoms with Crippen molar-refractivity contribution in [3.8, 4) is 0 Å². The smallest absolute Gasteiger partial charge is 0.0533 e. The van der Waals surface area contributed by atoms with Crippen molar-refractivity contribution in [1.82, 2.24) is 0 Å².